The maximum Gasteiger partial charge on any atom is 0.124 e. The number of aliphatic hydroxyl groups excluding tert-OH is 1. The second-order valence-electron chi connectivity index (χ2n) is 3.93. The zero-order valence-corrected chi connectivity index (χ0v) is 11.1. The minimum Gasteiger partial charge on any atom is -0.491 e. The quantitative estimate of drug-likeness (QED) is 0.789. The van der Waals surface area contributed by atoms with Gasteiger partial charge in [-0.2, -0.15) is 0 Å². The summed E-state index contributed by atoms with van der Waals surface area (Å²) in [7, 11) is 0. The molecule has 0 aromatic heterocycles. The van der Waals surface area contributed by atoms with Crippen molar-refractivity contribution in [3.8, 4) is 5.75 Å². The van der Waals surface area contributed by atoms with Crippen LogP contribution >= 0.6 is 11.6 Å². The highest BCUT2D eigenvalue weighted by molar-refractivity contribution is 6.30. The first kappa shape index (κ1) is 14.3. The third-order valence-electron chi connectivity index (χ3n) is 2.49. The van der Waals surface area contributed by atoms with Crippen LogP contribution in [0.1, 0.15) is 31.9 Å². The lowest BCUT2D eigenvalue weighted by Crippen LogP contribution is -2.20. The van der Waals surface area contributed by atoms with Crippen LogP contribution in [0, 0.1) is 0 Å². The Labute approximate surface area is 108 Å². The van der Waals surface area contributed by atoms with E-state index in [-0.39, 0.29) is 12.6 Å². The molecule has 1 rings (SSSR count). The van der Waals surface area contributed by atoms with Crippen molar-refractivity contribution in [1.29, 1.82) is 0 Å². The topological polar surface area (TPSA) is 41.5 Å². The van der Waals surface area contributed by atoms with Gasteiger partial charge in [0.05, 0.1) is 6.61 Å². The van der Waals surface area contributed by atoms with Gasteiger partial charge in [-0.05, 0) is 38.1 Å². The molecule has 1 aromatic rings. The summed E-state index contributed by atoms with van der Waals surface area (Å²) >= 11 is 6.00. The van der Waals surface area contributed by atoms with Crippen molar-refractivity contribution >= 4 is 11.6 Å². The second-order valence-corrected chi connectivity index (χ2v) is 4.37. The molecule has 1 aromatic carbocycles. The summed E-state index contributed by atoms with van der Waals surface area (Å²) in [6.45, 7) is 5.47. The number of aliphatic hydroxyl groups is 1. The summed E-state index contributed by atoms with van der Waals surface area (Å²) in [6, 6.07) is 5.73. The van der Waals surface area contributed by atoms with Gasteiger partial charge in [-0.1, -0.05) is 18.5 Å². The van der Waals surface area contributed by atoms with E-state index < -0.39 is 0 Å². The van der Waals surface area contributed by atoms with E-state index in [0.29, 0.717) is 11.6 Å². The Morgan fingerprint density at radius 3 is 2.88 bits per heavy atom. The third-order valence-corrected chi connectivity index (χ3v) is 2.72. The molecule has 4 heteroatoms. The predicted octanol–water partition coefficient (Wildman–Crippen LogP) is 2.77. The summed E-state index contributed by atoms with van der Waals surface area (Å²) in [5.74, 6) is 0.777. The summed E-state index contributed by atoms with van der Waals surface area (Å²) in [4.78, 5) is 0. The number of hydrogen-bond donors (Lipinski definition) is 2. The zero-order valence-electron chi connectivity index (χ0n) is 10.4. The monoisotopic (exact) mass is 257 g/mol. The molecule has 3 nitrogen and oxygen atoms in total. The summed E-state index contributed by atoms with van der Waals surface area (Å²) in [5, 5.41) is 12.9. The smallest absolute Gasteiger partial charge is 0.124 e. The lowest BCUT2D eigenvalue weighted by Gasteiger charge is -2.18. The average molecular weight is 258 g/mol. The number of benzene rings is 1. The molecule has 0 aliphatic rings. The third kappa shape index (κ3) is 4.54. The zero-order chi connectivity index (χ0) is 12.7. The van der Waals surface area contributed by atoms with E-state index >= 15 is 0 Å². The van der Waals surface area contributed by atoms with E-state index in [4.69, 9.17) is 21.4 Å². The summed E-state index contributed by atoms with van der Waals surface area (Å²) < 4.78 is 5.49. The molecule has 0 radical (unpaired) electrons. The van der Waals surface area contributed by atoms with Crippen molar-refractivity contribution in [3.63, 3.8) is 0 Å². The first-order chi connectivity index (χ1) is 8.19. The molecule has 2 N–H and O–H groups in total. The van der Waals surface area contributed by atoms with Gasteiger partial charge in [0.15, 0.2) is 0 Å². The minimum atomic E-state index is 0.0127. The highest BCUT2D eigenvalue weighted by atomic mass is 35.5. The van der Waals surface area contributed by atoms with Gasteiger partial charge in [0.1, 0.15) is 12.4 Å². The Kier molecular flexibility index (Phi) is 6.34. The van der Waals surface area contributed by atoms with Crippen LogP contribution in [-0.4, -0.2) is 24.9 Å². The van der Waals surface area contributed by atoms with Crippen LogP contribution in [-0.2, 0) is 0 Å². The molecule has 96 valence electrons. The molecule has 1 atom stereocenters. The number of nitrogens with one attached hydrogen (secondary N) is 1. The summed E-state index contributed by atoms with van der Waals surface area (Å²) in [5.41, 5.74) is 1.03. The molecule has 0 aliphatic carbocycles. The molecule has 1 unspecified atom stereocenters. The fourth-order valence-corrected chi connectivity index (χ4v) is 1.80. The normalized spacial score (nSPS) is 12.5. The van der Waals surface area contributed by atoms with Crippen molar-refractivity contribution < 1.29 is 9.84 Å². The molecule has 0 bridgehead atoms. The van der Waals surface area contributed by atoms with Crippen molar-refractivity contribution in [3.05, 3.63) is 28.8 Å². The minimum absolute atomic E-state index is 0.0127. The molecule has 17 heavy (non-hydrogen) atoms. The van der Waals surface area contributed by atoms with Gasteiger partial charge < -0.3 is 15.2 Å². The number of hydrogen-bond acceptors (Lipinski definition) is 3. The van der Waals surface area contributed by atoms with Crippen LogP contribution in [0.15, 0.2) is 18.2 Å². The lowest BCUT2D eigenvalue weighted by atomic mass is 10.1. The van der Waals surface area contributed by atoms with Crippen LogP contribution < -0.4 is 10.1 Å². The van der Waals surface area contributed by atoms with Crippen molar-refractivity contribution in [2.45, 2.75) is 26.3 Å². The van der Waals surface area contributed by atoms with Crippen LogP contribution in [0.3, 0.4) is 0 Å². The van der Waals surface area contributed by atoms with Crippen LogP contribution in [0.25, 0.3) is 0 Å². The van der Waals surface area contributed by atoms with E-state index in [1.807, 2.05) is 12.1 Å². The molecule has 0 aliphatic heterocycles. The Morgan fingerprint density at radius 1 is 1.47 bits per heavy atom. The van der Waals surface area contributed by atoms with Gasteiger partial charge in [0, 0.05) is 16.6 Å². The molecule has 0 heterocycles. The van der Waals surface area contributed by atoms with Crippen molar-refractivity contribution in [2.24, 2.45) is 0 Å². The van der Waals surface area contributed by atoms with Gasteiger partial charge in [-0.25, -0.2) is 0 Å². The maximum atomic E-state index is 8.79. The Balaban J connectivity index is 2.81. The van der Waals surface area contributed by atoms with Crippen molar-refractivity contribution in [1.82, 2.24) is 5.32 Å². The van der Waals surface area contributed by atoms with E-state index in [1.165, 1.54) is 0 Å². The van der Waals surface area contributed by atoms with Gasteiger partial charge >= 0.3 is 0 Å². The number of rotatable bonds is 7. The Bertz CT molecular complexity index is 344. The molecule has 0 fully saturated rings. The van der Waals surface area contributed by atoms with Crippen LogP contribution in [0.4, 0.5) is 0 Å². The standard InChI is InChI=1S/C13H20ClNO2/c1-3-6-15-10(2)12-9-11(14)4-5-13(12)17-8-7-16/h4-5,9-10,15-16H,3,6-8H2,1-2H3. The second kappa shape index (κ2) is 7.54. The molecular weight excluding hydrogens is 238 g/mol. The van der Waals surface area contributed by atoms with Gasteiger partial charge in [-0.15, -0.1) is 0 Å². The van der Waals surface area contributed by atoms with E-state index in [9.17, 15) is 0 Å². The highest BCUT2D eigenvalue weighted by Gasteiger charge is 2.11. The maximum absolute atomic E-state index is 8.79. The molecule has 0 saturated carbocycles. The summed E-state index contributed by atoms with van der Waals surface area (Å²) in [6.07, 6.45) is 1.08. The fraction of sp³-hybridized carbons (Fsp3) is 0.538. The SMILES string of the molecule is CCCNC(C)c1cc(Cl)ccc1OCCO. The lowest BCUT2D eigenvalue weighted by molar-refractivity contribution is 0.199. The van der Waals surface area contributed by atoms with Crippen molar-refractivity contribution in [2.75, 3.05) is 19.8 Å². The van der Waals surface area contributed by atoms with Gasteiger partial charge in [0.25, 0.3) is 0 Å². The fourth-order valence-electron chi connectivity index (χ4n) is 1.62. The molecule has 0 saturated heterocycles. The van der Waals surface area contributed by atoms with Crippen LogP contribution in [0.2, 0.25) is 5.02 Å². The van der Waals surface area contributed by atoms with E-state index in [1.54, 1.807) is 6.07 Å². The largest absolute Gasteiger partial charge is 0.491 e. The first-order valence-corrected chi connectivity index (χ1v) is 6.33. The van der Waals surface area contributed by atoms with Crippen LogP contribution in [0.5, 0.6) is 5.75 Å². The molecule has 0 amide bonds. The first-order valence-electron chi connectivity index (χ1n) is 5.95. The average Bonchev–Trinajstić information content (AvgIpc) is 2.34. The van der Waals surface area contributed by atoms with Gasteiger partial charge in [0.2, 0.25) is 0 Å². The molecule has 0 spiro atoms. The molecular formula is C13H20ClNO2. The Morgan fingerprint density at radius 2 is 2.24 bits per heavy atom. The van der Waals surface area contributed by atoms with E-state index in [0.717, 1.165) is 24.3 Å². The number of ether oxygens (including phenoxy) is 1. The highest BCUT2D eigenvalue weighted by Crippen LogP contribution is 2.28. The van der Waals surface area contributed by atoms with Gasteiger partial charge in [-0.3, -0.25) is 0 Å². The van der Waals surface area contributed by atoms with E-state index in [2.05, 4.69) is 19.2 Å². The predicted molar refractivity (Wildman–Crippen MR) is 70.7 cm³/mol. The Hall–Kier alpha value is -0.770. The number of halogens is 1.